The van der Waals surface area contributed by atoms with Gasteiger partial charge in [0.25, 0.3) is 0 Å². The molecule has 3 N–H and O–H groups in total. The zero-order chi connectivity index (χ0) is 15.5. The Morgan fingerprint density at radius 3 is 2.77 bits per heavy atom. The molecular formula is C18H21N3O. The van der Waals surface area contributed by atoms with E-state index in [-0.39, 0.29) is 5.91 Å². The molecule has 0 radical (unpaired) electrons. The van der Waals surface area contributed by atoms with Crippen molar-refractivity contribution in [2.45, 2.75) is 19.9 Å². The fraction of sp³-hybridized carbons (Fsp3) is 0.278. The molecule has 0 saturated heterocycles. The van der Waals surface area contributed by atoms with E-state index < -0.39 is 0 Å². The number of amides is 1. The topological polar surface area (TPSA) is 58.4 Å². The molecule has 0 aromatic heterocycles. The molecular weight excluding hydrogens is 274 g/mol. The highest BCUT2D eigenvalue weighted by Gasteiger charge is 2.18. The largest absolute Gasteiger partial charge is 0.399 e. The summed E-state index contributed by atoms with van der Waals surface area (Å²) < 4.78 is 0. The van der Waals surface area contributed by atoms with Crippen molar-refractivity contribution >= 4 is 17.3 Å². The van der Waals surface area contributed by atoms with Crippen LogP contribution < -0.4 is 11.1 Å². The number of benzene rings is 2. The van der Waals surface area contributed by atoms with Gasteiger partial charge in [0.05, 0.1) is 6.54 Å². The van der Waals surface area contributed by atoms with Gasteiger partial charge in [-0.25, -0.2) is 0 Å². The van der Waals surface area contributed by atoms with Crippen LogP contribution in [0.5, 0.6) is 0 Å². The van der Waals surface area contributed by atoms with Crippen molar-refractivity contribution in [2.75, 3.05) is 24.1 Å². The third-order valence-electron chi connectivity index (χ3n) is 4.10. The minimum Gasteiger partial charge on any atom is -0.399 e. The maximum absolute atomic E-state index is 12.2. The van der Waals surface area contributed by atoms with Crippen molar-refractivity contribution in [1.82, 2.24) is 4.90 Å². The van der Waals surface area contributed by atoms with Gasteiger partial charge in [-0.05, 0) is 48.2 Å². The molecule has 2 aromatic rings. The van der Waals surface area contributed by atoms with Gasteiger partial charge in [-0.1, -0.05) is 24.3 Å². The van der Waals surface area contributed by atoms with Crippen LogP contribution in [0.4, 0.5) is 11.4 Å². The normalized spacial score (nSPS) is 14.4. The van der Waals surface area contributed by atoms with Crippen LogP contribution in [0.25, 0.3) is 0 Å². The number of fused-ring (bicyclic) bond motifs is 1. The van der Waals surface area contributed by atoms with Crippen molar-refractivity contribution in [3.05, 3.63) is 59.2 Å². The summed E-state index contributed by atoms with van der Waals surface area (Å²) in [5.41, 5.74) is 11.0. The number of hydrogen-bond acceptors (Lipinski definition) is 3. The van der Waals surface area contributed by atoms with Gasteiger partial charge in [0.1, 0.15) is 0 Å². The molecule has 2 aromatic carbocycles. The van der Waals surface area contributed by atoms with Gasteiger partial charge < -0.3 is 11.1 Å². The lowest BCUT2D eigenvalue weighted by molar-refractivity contribution is -0.117. The first-order chi connectivity index (χ1) is 10.6. The van der Waals surface area contributed by atoms with Gasteiger partial charge in [-0.3, -0.25) is 9.69 Å². The van der Waals surface area contributed by atoms with E-state index in [2.05, 4.69) is 34.5 Å². The molecule has 0 atom stereocenters. The molecule has 0 spiro atoms. The number of carbonyl (C=O) groups excluding carboxylic acids is 1. The molecule has 1 aliphatic heterocycles. The van der Waals surface area contributed by atoms with Gasteiger partial charge in [0.2, 0.25) is 5.91 Å². The van der Waals surface area contributed by atoms with E-state index in [9.17, 15) is 4.79 Å². The summed E-state index contributed by atoms with van der Waals surface area (Å²) in [6, 6.07) is 14.0. The second-order valence-corrected chi connectivity index (χ2v) is 5.85. The molecule has 4 nitrogen and oxygen atoms in total. The Morgan fingerprint density at radius 1 is 1.23 bits per heavy atom. The van der Waals surface area contributed by atoms with E-state index in [4.69, 9.17) is 5.73 Å². The molecule has 0 saturated carbocycles. The Hall–Kier alpha value is -2.33. The van der Waals surface area contributed by atoms with Crippen molar-refractivity contribution in [2.24, 2.45) is 0 Å². The highest BCUT2D eigenvalue weighted by molar-refractivity contribution is 5.93. The molecule has 1 heterocycles. The molecule has 4 heteroatoms. The predicted molar refractivity (Wildman–Crippen MR) is 89.6 cm³/mol. The summed E-state index contributed by atoms with van der Waals surface area (Å²) in [7, 11) is 0. The zero-order valence-corrected chi connectivity index (χ0v) is 12.8. The minimum absolute atomic E-state index is 0.0206. The second-order valence-electron chi connectivity index (χ2n) is 5.85. The third kappa shape index (κ3) is 3.28. The average molecular weight is 295 g/mol. The Kier molecular flexibility index (Phi) is 4.11. The summed E-state index contributed by atoms with van der Waals surface area (Å²) >= 11 is 0. The Morgan fingerprint density at radius 2 is 2.00 bits per heavy atom. The van der Waals surface area contributed by atoms with Crippen molar-refractivity contribution in [3.8, 4) is 0 Å². The molecule has 1 aliphatic rings. The Labute approximate surface area is 130 Å². The van der Waals surface area contributed by atoms with Crippen LogP contribution in [0.1, 0.15) is 16.7 Å². The predicted octanol–water partition coefficient (Wildman–Crippen LogP) is 2.57. The van der Waals surface area contributed by atoms with Crippen LogP contribution in [0.15, 0.2) is 42.5 Å². The number of nitrogens with zero attached hydrogens (tertiary/aromatic N) is 1. The fourth-order valence-electron chi connectivity index (χ4n) is 2.91. The van der Waals surface area contributed by atoms with Gasteiger partial charge >= 0.3 is 0 Å². The molecule has 0 fully saturated rings. The van der Waals surface area contributed by atoms with Crippen LogP contribution in [0, 0.1) is 6.92 Å². The SMILES string of the molecule is Cc1cc(N)ccc1NC(=O)CN1CCc2ccccc2C1. The van der Waals surface area contributed by atoms with Crippen LogP contribution in [-0.2, 0) is 17.8 Å². The second kappa shape index (κ2) is 6.20. The number of aryl methyl sites for hydroxylation is 1. The molecule has 1 amide bonds. The number of nitrogens with two attached hydrogens (primary N) is 1. The van der Waals surface area contributed by atoms with E-state index in [0.717, 1.165) is 30.8 Å². The van der Waals surface area contributed by atoms with E-state index in [1.165, 1.54) is 11.1 Å². The number of hydrogen-bond donors (Lipinski definition) is 2. The standard InChI is InChI=1S/C18H21N3O/c1-13-10-16(19)6-7-17(13)20-18(22)12-21-9-8-14-4-2-3-5-15(14)11-21/h2-7,10H,8-9,11-12,19H2,1H3,(H,20,22). The van der Waals surface area contributed by atoms with Gasteiger partial charge in [-0.15, -0.1) is 0 Å². The van der Waals surface area contributed by atoms with E-state index in [1.807, 2.05) is 19.1 Å². The third-order valence-corrected chi connectivity index (χ3v) is 4.10. The minimum atomic E-state index is 0.0206. The smallest absolute Gasteiger partial charge is 0.238 e. The number of nitrogens with one attached hydrogen (secondary N) is 1. The molecule has 114 valence electrons. The maximum Gasteiger partial charge on any atom is 0.238 e. The summed E-state index contributed by atoms with van der Waals surface area (Å²) in [6.45, 7) is 4.12. The van der Waals surface area contributed by atoms with Gasteiger partial charge in [0, 0.05) is 24.5 Å². The summed E-state index contributed by atoms with van der Waals surface area (Å²) in [5, 5.41) is 2.97. The number of anilines is 2. The number of nitrogen functional groups attached to an aromatic ring is 1. The van der Waals surface area contributed by atoms with Crippen LogP contribution >= 0.6 is 0 Å². The van der Waals surface area contributed by atoms with Crippen molar-refractivity contribution < 1.29 is 4.79 Å². The Bertz CT molecular complexity index is 696. The average Bonchev–Trinajstić information content (AvgIpc) is 2.50. The molecule has 0 bridgehead atoms. The molecule has 3 rings (SSSR count). The monoisotopic (exact) mass is 295 g/mol. The summed E-state index contributed by atoms with van der Waals surface area (Å²) in [5.74, 6) is 0.0206. The lowest BCUT2D eigenvalue weighted by atomic mass is 10.00. The first-order valence-electron chi connectivity index (χ1n) is 7.57. The highest BCUT2D eigenvalue weighted by atomic mass is 16.2. The fourth-order valence-corrected chi connectivity index (χ4v) is 2.91. The lowest BCUT2D eigenvalue weighted by Crippen LogP contribution is -2.37. The quantitative estimate of drug-likeness (QED) is 0.856. The first-order valence-corrected chi connectivity index (χ1v) is 7.57. The number of carbonyl (C=O) groups is 1. The van der Waals surface area contributed by atoms with Gasteiger partial charge in [-0.2, -0.15) is 0 Å². The van der Waals surface area contributed by atoms with E-state index in [1.54, 1.807) is 6.07 Å². The summed E-state index contributed by atoms with van der Waals surface area (Å²) in [4.78, 5) is 14.4. The van der Waals surface area contributed by atoms with E-state index in [0.29, 0.717) is 12.2 Å². The maximum atomic E-state index is 12.2. The van der Waals surface area contributed by atoms with Crippen LogP contribution in [0.3, 0.4) is 0 Å². The lowest BCUT2D eigenvalue weighted by Gasteiger charge is -2.28. The van der Waals surface area contributed by atoms with Crippen molar-refractivity contribution in [1.29, 1.82) is 0 Å². The van der Waals surface area contributed by atoms with Crippen LogP contribution in [0.2, 0.25) is 0 Å². The van der Waals surface area contributed by atoms with E-state index >= 15 is 0 Å². The van der Waals surface area contributed by atoms with Crippen LogP contribution in [-0.4, -0.2) is 23.9 Å². The van der Waals surface area contributed by atoms with Crippen molar-refractivity contribution in [3.63, 3.8) is 0 Å². The molecule has 22 heavy (non-hydrogen) atoms. The highest BCUT2D eigenvalue weighted by Crippen LogP contribution is 2.20. The van der Waals surface area contributed by atoms with Gasteiger partial charge in [0.15, 0.2) is 0 Å². The molecule has 0 aliphatic carbocycles. The zero-order valence-electron chi connectivity index (χ0n) is 12.8. The first kappa shape index (κ1) is 14.6. The summed E-state index contributed by atoms with van der Waals surface area (Å²) in [6.07, 6.45) is 1.00. The Balaban J connectivity index is 1.61. The number of rotatable bonds is 3. The molecule has 0 unspecified atom stereocenters.